The smallest absolute Gasteiger partial charge is 0.0754 e. The molecule has 0 atom stereocenters. The van der Waals surface area contributed by atoms with Crippen LogP contribution in [0.2, 0.25) is 0 Å². The van der Waals surface area contributed by atoms with E-state index in [1.807, 2.05) is 0 Å². The summed E-state index contributed by atoms with van der Waals surface area (Å²) in [5.41, 5.74) is 15.9. The molecule has 9 rings (SSSR count). The molecule has 1 aliphatic heterocycles. The summed E-state index contributed by atoms with van der Waals surface area (Å²) in [4.78, 5) is 2.46. The lowest BCUT2D eigenvalue weighted by Gasteiger charge is -2.45. The lowest BCUT2D eigenvalue weighted by Crippen LogP contribution is -2.36. The highest BCUT2D eigenvalue weighted by molar-refractivity contribution is 5.97. The molecule has 214 valence electrons. The van der Waals surface area contributed by atoms with Crippen molar-refractivity contribution >= 4 is 17.1 Å². The fraction of sp³-hybridized carbons (Fsp3) is 0.0455. The number of benzene rings is 7. The summed E-state index contributed by atoms with van der Waals surface area (Å²) in [6, 6.07) is 64.6. The minimum Gasteiger partial charge on any atom is -0.310 e. The fourth-order valence-corrected chi connectivity index (χ4v) is 7.63. The molecular weight excluding hydrogens is 542 g/mol. The first-order valence-electron chi connectivity index (χ1n) is 15.3. The van der Waals surface area contributed by atoms with Crippen LogP contribution >= 0.6 is 0 Å². The van der Waals surface area contributed by atoms with Crippen molar-refractivity contribution in [2.24, 2.45) is 0 Å². The van der Waals surface area contributed by atoms with E-state index >= 15 is 0 Å². The highest BCUT2D eigenvalue weighted by Crippen LogP contribution is 2.64. The molecule has 0 amide bonds. The maximum absolute atomic E-state index is 2.46. The molecule has 1 heterocycles. The van der Waals surface area contributed by atoms with Gasteiger partial charge in [0.05, 0.1) is 16.8 Å². The van der Waals surface area contributed by atoms with Crippen molar-refractivity contribution in [3.63, 3.8) is 0 Å². The Balaban J connectivity index is 0.00000300. The maximum atomic E-state index is 2.46. The largest absolute Gasteiger partial charge is 0.310 e. The molecule has 0 radical (unpaired) electrons. The normalized spacial score (nSPS) is 13.3. The molecule has 1 heteroatoms. The quantitative estimate of drug-likeness (QED) is 0.202. The monoisotopic (exact) mass is 575 g/mol. The Hall–Kier alpha value is -5.66. The standard InChI is InChI=1S/C43H29N.CH4/c1-4-14-30(15-5-1)32-24-26-41-39(28-32)43(37-22-12-10-20-35(37)36-21-11-13-23-38(36)43)40-29-33(31-16-6-2-7-17-31)25-27-42(40)44(41)34-18-8-3-9-19-34;/h1-29H;1H4. The average molecular weight is 576 g/mol. The van der Waals surface area contributed by atoms with Crippen molar-refractivity contribution in [1.82, 2.24) is 0 Å². The first kappa shape index (κ1) is 26.9. The van der Waals surface area contributed by atoms with Gasteiger partial charge >= 0.3 is 0 Å². The van der Waals surface area contributed by atoms with E-state index in [2.05, 4.69) is 181 Å². The lowest BCUT2D eigenvalue weighted by molar-refractivity contribution is 0.753. The summed E-state index contributed by atoms with van der Waals surface area (Å²) < 4.78 is 0. The second kappa shape index (κ2) is 10.5. The molecule has 0 bridgehead atoms. The van der Waals surface area contributed by atoms with Crippen molar-refractivity contribution in [3.8, 4) is 33.4 Å². The molecule has 1 spiro atoms. The minimum absolute atomic E-state index is 0. The highest BCUT2D eigenvalue weighted by atomic mass is 15.2. The summed E-state index contributed by atoms with van der Waals surface area (Å²) in [6.07, 6.45) is 0. The van der Waals surface area contributed by atoms with Gasteiger partial charge < -0.3 is 4.90 Å². The number of fused-ring (bicyclic) bond motifs is 9. The Labute approximate surface area is 265 Å². The van der Waals surface area contributed by atoms with Crippen LogP contribution in [-0.2, 0) is 5.41 Å². The first-order valence-corrected chi connectivity index (χ1v) is 15.3. The zero-order chi connectivity index (χ0) is 29.1. The van der Waals surface area contributed by atoms with Crippen molar-refractivity contribution in [1.29, 1.82) is 0 Å². The van der Waals surface area contributed by atoms with Crippen LogP contribution in [-0.4, -0.2) is 0 Å². The summed E-state index contributed by atoms with van der Waals surface area (Å²) in [6.45, 7) is 0. The van der Waals surface area contributed by atoms with E-state index in [-0.39, 0.29) is 7.43 Å². The molecule has 45 heavy (non-hydrogen) atoms. The number of nitrogens with zero attached hydrogens (tertiary/aromatic N) is 1. The average Bonchev–Trinajstić information content (AvgIpc) is 3.40. The summed E-state index contributed by atoms with van der Waals surface area (Å²) in [5, 5.41) is 0. The van der Waals surface area contributed by atoms with Crippen molar-refractivity contribution in [2.75, 3.05) is 4.90 Å². The molecular formula is C44H33N. The Kier molecular flexibility index (Phi) is 6.29. The van der Waals surface area contributed by atoms with Gasteiger partial charge in [0.2, 0.25) is 0 Å². The maximum Gasteiger partial charge on any atom is 0.0754 e. The van der Waals surface area contributed by atoms with Crippen LogP contribution in [0, 0.1) is 0 Å². The molecule has 0 unspecified atom stereocenters. The van der Waals surface area contributed by atoms with E-state index in [0.717, 1.165) is 5.69 Å². The number of anilines is 3. The predicted molar refractivity (Wildman–Crippen MR) is 190 cm³/mol. The lowest BCUT2D eigenvalue weighted by atomic mass is 9.64. The van der Waals surface area contributed by atoms with Crippen LogP contribution in [0.25, 0.3) is 33.4 Å². The second-order valence-electron chi connectivity index (χ2n) is 11.7. The van der Waals surface area contributed by atoms with E-state index in [1.54, 1.807) is 0 Å². The zero-order valence-corrected chi connectivity index (χ0v) is 24.2. The topological polar surface area (TPSA) is 3.24 Å². The van der Waals surface area contributed by atoms with Crippen LogP contribution in [0.1, 0.15) is 29.7 Å². The number of rotatable bonds is 3. The third-order valence-corrected chi connectivity index (χ3v) is 9.46. The predicted octanol–water partition coefficient (Wildman–Crippen LogP) is 11.8. The van der Waals surface area contributed by atoms with E-state index in [9.17, 15) is 0 Å². The van der Waals surface area contributed by atoms with Gasteiger partial charge in [0.25, 0.3) is 0 Å². The van der Waals surface area contributed by atoms with Gasteiger partial charge in [-0.3, -0.25) is 0 Å². The molecule has 1 aliphatic carbocycles. The summed E-state index contributed by atoms with van der Waals surface area (Å²) >= 11 is 0. The molecule has 0 aromatic heterocycles. The SMILES string of the molecule is C.c1ccc(-c2ccc3c(c2)C2(c4ccccc4-c4ccccc42)c2cc(-c4ccccc4)ccc2N3c2ccccc2)cc1. The van der Waals surface area contributed by atoms with Crippen LogP contribution in [0.15, 0.2) is 176 Å². The number of hydrogen-bond donors (Lipinski definition) is 0. The molecule has 1 nitrogen and oxygen atoms in total. The Morgan fingerprint density at radius 1 is 0.333 bits per heavy atom. The first-order chi connectivity index (χ1) is 21.8. The molecule has 0 fully saturated rings. The third-order valence-electron chi connectivity index (χ3n) is 9.46. The molecule has 0 saturated carbocycles. The van der Waals surface area contributed by atoms with E-state index < -0.39 is 5.41 Å². The van der Waals surface area contributed by atoms with Gasteiger partial charge in [-0.05, 0) is 92.0 Å². The fourth-order valence-electron chi connectivity index (χ4n) is 7.63. The molecule has 7 aromatic rings. The zero-order valence-electron chi connectivity index (χ0n) is 24.2. The van der Waals surface area contributed by atoms with Gasteiger partial charge in [0, 0.05) is 5.69 Å². The highest BCUT2D eigenvalue weighted by Gasteiger charge is 2.51. The van der Waals surface area contributed by atoms with Gasteiger partial charge in [-0.1, -0.05) is 147 Å². The molecule has 7 aromatic carbocycles. The molecule has 0 N–H and O–H groups in total. The number of para-hydroxylation sites is 1. The molecule has 2 aliphatic rings. The Morgan fingerprint density at radius 2 is 0.733 bits per heavy atom. The summed E-state index contributed by atoms with van der Waals surface area (Å²) in [7, 11) is 0. The Morgan fingerprint density at radius 3 is 1.20 bits per heavy atom. The number of hydrogen-bond acceptors (Lipinski definition) is 1. The van der Waals surface area contributed by atoms with Crippen LogP contribution in [0.5, 0.6) is 0 Å². The van der Waals surface area contributed by atoms with Gasteiger partial charge in [0.1, 0.15) is 0 Å². The van der Waals surface area contributed by atoms with Crippen LogP contribution in [0.4, 0.5) is 17.1 Å². The van der Waals surface area contributed by atoms with Gasteiger partial charge in [0.15, 0.2) is 0 Å². The van der Waals surface area contributed by atoms with Gasteiger partial charge in [-0.15, -0.1) is 0 Å². The van der Waals surface area contributed by atoms with Gasteiger partial charge in [-0.25, -0.2) is 0 Å². The van der Waals surface area contributed by atoms with Gasteiger partial charge in [-0.2, -0.15) is 0 Å². The Bertz CT molecular complexity index is 2020. The van der Waals surface area contributed by atoms with Crippen molar-refractivity contribution < 1.29 is 0 Å². The second-order valence-corrected chi connectivity index (χ2v) is 11.7. The van der Waals surface area contributed by atoms with E-state index in [1.165, 1.54) is 67.0 Å². The van der Waals surface area contributed by atoms with Crippen LogP contribution in [0.3, 0.4) is 0 Å². The molecule has 0 saturated heterocycles. The summed E-state index contributed by atoms with van der Waals surface area (Å²) in [5.74, 6) is 0. The van der Waals surface area contributed by atoms with Crippen LogP contribution < -0.4 is 4.90 Å². The minimum atomic E-state index is -0.487. The third kappa shape index (κ3) is 3.87. The van der Waals surface area contributed by atoms with E-state index in [4.69, 9.17) is 0 Å². The van der Waals surface area contributed by atoms with Crippen molar-refractivity contribution in [3.05, 3.63) is 198 Å². The van der Waals surface area contributed by atoms with Crippen molar-refractivity contribution in [2.45, 2.75) is 12.8 Å². The van der Waals surface area contributed by atoms with E-state index in [0.29, 0.717) is 0 Å².